The van der Waals surface area contributed by atoms with Crippen molar-refractivity contribution in [1.29, 1.82) is 0 Å². The molecule has 1 aromatic heterocycles. The van der Waals surface area contributed by atoms with Crippen molar-refractivity contribution in [3.05, 3.63) is 23.9 Å². The van der Waals surface area contributed by atoms with Gasteiger partial charge in [0.05, 0.1) is 24.4 Å². The van der Waals surface area contributed by atoms with Gasteiger partial charge in [0, 0.05) is 24.2 Å². The van der Waals surface area contributed by atoms with Crippen molar-refractivity contribution < 1.29 is 24.1 Å². The summed E-state index contributed by atoms with van der Waals surface area (Å²) in [6.45, 7) is 2.43. The molecule has 7 heteroatoms. The van der Waals surface area contributed by atoms with Gasteiger partial charge in [0.15, 0.2) is 11.5 Å². The normalized spacial score (nSPS) is 12.5. The van der Waals surface area contributed by atoms with E-state index in [1.54, 1.807) is 19.1 Å². The summed E-state index contributed by atoms with van der Waals surface area (Å²) in [6.07, 6.45) is 1.46. The molecule has 22 heavy (non-hydrogen) atoms. The van der Waals surface area contributed by atoms with Gasteiger partial charge in [-0.3, -0.25) is 4.98 Å². The van der Waals surface area contributed by atoms with Gasteiger partial charge in [-0.2, -0.15) is 0 Å². The highest BCUT2D eigenvalue weighted by molar-refractivity contribution is 6.05. The first-order valence-electron chi connectivity index (χ1n) is 6.98. The molecule has 0 saturated heterocycles. The van der Waals surface area contributed by atoms with Crippen molar-refractivity contribution in [3.8, 4) is 11.5 Å². The molecule has 116 valence electrons. The Labute approximate surface area is 126 Å². The summed E-state index contributed by atoms with van der Waals surface area (Å²) < 4.78 is 15.8. The Morgan fingerprint density at radius 3 is 2.91 bits per heavy atom. The molecule has 0 saturated carbocycles. The maximum absolute atomic E-state index is 12.1. The lowest BCUT2D eigenvalue weighted by Crippen LogP contribution is -2.13. The molecule has 2 heterocycles. The third kappa shape index (κ3) is 2.50. The minimum atomic E-state index is -0.463. The summed E-state index contributed by atoms with van der Waals surface area (Å²) in [4.78, 5) is 16.4. The first-order valence-corrected chi connectivity index (χ1v) is 6.98. The van der Waals surface area contributed by atoms with E-state index in [0.717, 1.165) is 0 Å². The molecule has 1 aliphatic heterocycles. The predicted octanol–water partition coefficient (Wildman–Crippen LogP) is 1.54. The van der Waals surface area contributed by atoms with E-state index < -0.39 is 5.97 Å². The smallest absolute Gasteiger partial charge is 0.341 e. The van der Waals surface area contributed by atoms with Gasteiger partial charge in [0.2, 0.25) is 6.79 Å². The second-order valence-electron chi connectivity index (χ2n) is 4.64. The van der Waals surface area contributed by atoms with Crippen LogP contribution in [0.15, 0.2) is 18.3 Å². The first-order chi connectivity index (χ1) is 10.7. The quantitative estimate of drug-likeness (QED) is 0.810. The third-order valence-electron chi connectivity index (χ3n) is 3.27. The van der Waals surface area contributed by atoms with Crippen LogP contribution in [0.2, 0.25) is 0 Å². The number of rotatable bonds is 5. The van der Waals surface area contributed by atoms with Crippen molar-refractivity contribution in [1.82, 2.24) is 4.98 Å². The summed E-state index contributed by atoms with van der Waals surface area (Å²) in [6, 6.07) is 3.53. The number of carbonyl (C=O) groups is 1. The number of aromatic nitrogens is 1. The van der Waals surface area contributed by atoms with Crippen LogP contribution in [0.25, 0.3) is 10.9 Å². The molecule has 0 atom stereocenters. The van der Waals surface area contributed by atoms with E-state index in [2.05, 4.69) is 10.3 Å². The molecule has 1 aliphatic rings. The summed E-state index contributed by atoms with van der Waals surface area (Å²) in [5.74, 6) is 0.759. The number of anilines is 1. The predicted molar refractivity (Wildman–Crippen MR) is 79.4 cm³/mol. The van der Waals surface area contributed by atoms with Gasteiger partial charge in [-0.05, 0) is 13.0 Å². The van der Waals surface area contributed by atoms with Crippen LogP contribution in [-0.2, 0) is 4.74 Å². The molecule has 3 rings (SSSR count). The van der Waals surface area contributed by atoms with Crippen molar-refractivity contribution in [3.63, 3.8) is 0 Å². The van der Waals surface area contributed by atoms with Gasteiger partial charge < -0.3 is 24.6 Å². The lowest BCUT2D eigenvalue weighted by atomic mass is 10.1. The summed E-state index contributed by atoms with van der Waals surface area (Å²) in [7, 11) is 0. The molecule has 0 radical (unpaired) electrons. The number of aliphatic hydroxyl groups is 1. The Morgan fingerprint density at radius 1 is 1.41 bits per heavy atom. The van der Waals surface area contributed by atoms with Gasteiger partial charge in [0.1, 0.15) is 5.56 Å². The maximum atomic E-state index is 12.1. The molecule has 1 aromatic carbocycles. The molecule has 0 amide bonds. The molecule has 0 spiro atoms. The van der Waals surface area contributed by atoms with Crippen LogP contribution in [0.5, 0.6) is 11.5 Å². The van der Waals surface area contributed by atoms with E-state index in [0.29, 0.717) is 40.2 Å². The monoisotopic (exact) mass is 304 g/mol. The van der Waals surface area contributed by atoms with Gasteiger partial charge in [-0.1, -0.05) is 0 Å². The van der Waals surface area contributed by atoms with Gasteiger partial charge in [0.25, 0.3) is 0 Å². The Kier molecular flexibility index (Phi) is 3.97. The topological polar surface area (TPSA) is 89.9 Å². The van der Waals surface area contributed by atoms with Crippen LogP contribution in [0.4, 0.5) is 5.69 Å². The zero-order valence-electron chi connectivity index (χ0n) is 12.1. The number of nitrogens with zero attached hydrogens (tertiary/aromatic N) is 1. The van der Waals surface area contributed by atoms with Gasteiger partial charge in [-0.15, -0.1) is 0 Å². The largest absolute Gasteiger partial charge is 0.462 e. The minimum Gasteiger partial charge on any atom is -0.462 e. The highest BCUT2D eigenvalue weighted by Crippen LogP contribution is 2.38. The Hall–Kier alpha value is -2.54. The standard InChI is InChI=1S/C15H16N2O5/c1-2-20-15(19)10-7-17-11-6-13-12(21-8-22-13)5-9(11)14(10)16-3-4-18/h5-7,18H,2-4,8H2,1H3,(H,16,17). The van der Waals surface area contributed by atoms with E-state index in [9.17, 15) is 4.79 Å². The molecular weight excluding hydrogens is 288 g/mol. The molecule has 0 unspecified atom stereocenters. The van der Waals surface area contributed by atoms with Crippen LogP contribution in [-0.4, -0.2) is 42.6 Å². The highest BCUT2D eigenvalue weighted by atomic mass is 16.7. The van der Waals surface area contributed by atoms with E-state index in [-0.39, 0.29) is 20.0 Å². The molecule has 2 N–H and O–H groups in total. The van der Waals surface area contributed by atoms with Gasteiger partial charge >= 0.3 is 5.97 Å². The lowest BCUT2D eigenvalue weighted by molar-refractivity contribution is 0.0527. The van der Waals surface area contributed by atoms with E-state index in [4.69, 9.17) is 19.3 Å². The number of hydrogen-bond acceptors (Lipinski definition) is 7. The van der Waals surface area contributed by atoms with E-state index >= 15 is 0 Å². The fourth-order valence-corrected chi connectivity index (χ4v) is 2.32. The van der Waals surface area contributed by atoms with Crippen molar-refractivity contribution >= 4 is 22.6 Å². The average molecular weight is 304 g/mol. The van der Waals surface area contributed by atoms with Gasteiger partial charge in [-0.25, -0.2) is 4.79 Å². The Bertz CT molecular complexity index is 717. The van der Waals surface area contributed by atoms with Crippen LogP contribution in [0.1, 0.15) is 17.3 Å². The summed E-state index contributed by atoms with van der Waals surface area (Å²) >= 11 is 0. The Morgan fingerprint density at radius 2 is 2.18 bits per heavy atom. The summed E-state index contributed by atoms with van der Waals surface area (Å²) in [5, 5.41) is 12.8. The van der Waals surface area contributed by atoms with Crippen molar-refractivity contribution in [2.24, 2.45) is 0 Å². The number of nitrogens with one attached hydrogen (secondary N) is 1. The fourth-order valence-electron chi connectivity index (χ4n) is 2.32. The van der Waals surface area contributed by atoms with E-state index in [1.807, 2.05) is 0 Å². The van der Waals surface area contributed by atoms with Crippen molar-refractivity contribution in [2.75, 3.05) is 31.9 Å². The number of benzene rings is 1. The third-order valence-corrected chi connectivity index (χ3v) is 3.27. The van der Waals surface area contributed by atoms with Crippen LogP contribution in [0, 0.1) is 0 Å². The van der Waals surface area contributed by atoms with E-state index in [1.165, 1.54) is 6.20 Å². The average Bonchev–Trinajstić information content (AvgIpc) is 2.97. The number of fused-ring (bicyclic) bond motifs is 2. The number of carbonyl (C=O) groups excluding carboxylic acids is 1. The highest BCUT2D eigenvalue weighted by Gasteiger charge is 2.20. The number of aliphatic hydroxyl groups excluding tert-OH is 1. The number of ether oxygens (including phenoxy) is 3. The molecule has 0 aliphatic carbocycles. The summed E-state index contributed by atoms with van der Waals surface area (Å²) in [5.41, 5.74) is 1.55. The van der Waals surface area contributed by atoms with Crippen LogP contribution >= 0.6 is 0 Å². The zero-order chi connectivity index (χ0) is 15.5. The second-order valence-corrected chi connectivity index (χ2v) is 4.64. The zero-order valence-corrected chi connectivity index (χ0v) is 12.1. The second kappa shape index (κ2) is 6.07. The molecule has 0 bridgehead atoms. The number of esters is 1. The molecular formula is C15H16N2O5. The number of pyridine rings is 1. The molecule has 0 fully saturated rings. The fraction of sp³-hybridized carbons (Fsp3) is 0.333. The number of hydrogen-bond donors (Lipinski definition) is 2. The van der Waals surface area contributed by atoms with Crippen LogP contribution < -0.4 is 14.8 Å². The maximum Gasteiger partial charge on any atom is 0.341 e. The minimum absolute atomic E-state index is 0.0589. The van der Waals surface area contributed by atoms with Crippen molar-refractivity contribution in [2.45, 2.75) is 6.92 Å². The molecule has 2 aromatic rings. The Balaban J connectivity index is 2.14. The van der Waals surface area contributed by atoms with Crippen LogP contribution in [0.3, 0.4) is 0 Å². The lowest BCUT2D eigenvalue weighted by Gasteiger charge is -2.13. The first kappa shape index (κ1) is 14.4. The molecule has 7 nitrogen and oxygen atoms in total. The SMILES string of the molecule is CCOC(=O)c1cnc2cc3c(cc2c1NCCO)OCO3.